The molecule has 22 heavy (non-hydrogen) atoms. The van der Waals surface area contributed by atoms with Crippen LogP contribution in [0.1, 0.15) is 33.8 Å². The Bertz CT molecular complexity index is 782. The Balaban J connectivity index is 2.13. The second-order valence-electron chi connectivity index (χ2n) is 5.13. The van der Waals surface area contributed by atoms with Gasteiger partial charge in [0, 0.05) is 5.69 Å². The van der Waals surface area contributed by atoms with Crippen molar-refractivity contribution in [3.8, 4) is 0 Å². The van der Waals surface area contributed by atoms with E-state index in [2.05, 4.69) is 10.0 Å². The maximum atomic E-state index is 12.2. The van der Waals surface area contributed by atoms with Gasteiger partial charge in [0.2, 0.25) is 10.0 Å². The van der Waals surface area contributed by atoms with Crippen LogP contribution < -0.4 is 10.0 Å². The van der Waals surface area contributed by atoms with E-state index < -0.39 is 10.0 Å². The molecule has 5 nitrogen and oxygen atoms in total. The van der Waals surface area contributed by atoms with Crippen molar-refractivity contribution in [2.45, 2.75) is 19.9 Å². The third-order valence-electron chi connectivity index (χ3n) is 3.11. The van der Waals surface area contributed by atoms with Gasteiger partial charge in [-0.3, -0.25) is 9.52 Å². The van der Waals surface area contributed by atoms with Crippen molar-refractivity contribution in [3.63, 3.8) is 0 Å². The lowest BCUT2D eigenvalue weighted by atomic mass is 10.1. The number of thiophene rings is 1. The number of nitrogens with one attached hydrogen (secondary N) is 2. The molecule has 1 unspecified atom stereocenters. The third-order valence-corrected chi connectivity index (χ3v) is 4.73. The number of carbonyl (C=O) groups is 1. The molecule has 2 aromatic rings. The molecule has 0 bridgehead atoms. The number of benzene rings is 1. The molecule has 0 saturated carbocycles. The van der Waals surface area contributed by atoms with E-state index in [1.54, 1.807) is 18.2 Å². The average Bonchev–Trinajstić information content (AvgIpc) is 2.83. The zero-order valence-corrected chi connectivity index (χ0v) is 14.2. The van der Waals surface area contributed by atoms with Gasteiger partial charge in [0.25, 0.3) is 5.91 Å². The fraction of sp³-hybridized carbons (Fsp3) is 0.267. The molecular formula is C15H18N2O3S2. The monoisotopic (exact) mass is 338 g/mol. The standard InChI is InChI=1S/C15H18N2O3S2/c1-10-7-8-21-14(10)15(18)16-11(2)12-5-4-6-13(9-12)17-22(3,19)20/h4-9,11,17H,1-3H3,(H,16,18). The molecule has 2 rings (SSSR count). The lowest BCUT2D eigenvalue weighted by molar-refractivity contribution is 0.0943. The molecule has 1 aromatic carbocycles. The van der Waals surface area contributed by atoms with Gasteiger partial charge in [-0.15, -0.1) is 11.3 Å². The molecule has 1 amide bonds. The quantitative estimate of drug-likeness (QED) is 0.880. The lowest BCUT2D eigenvalue weighted by Crippen LogP contribution is -2.26. The Labute approximate surface area is 134 Å². The SMILES string of the molecule is Cc1ccsc1C(=O)NC(C)c1cccc(NS(C)(=O)=O)c1. The number of anilines is 1. The Morgan fingerprint density at radius 1 is 1.27 bits per heavy atom. The van der Waals surface area contributed by atoms with E-state index in [4.69, 9.17) is 0 Å². The number of hydrogen-bond donors (Lipinski definition) is 2. The van der Waals surface area contributed by atoms with Crippen LogP contribution in [-0.4, -0.2) is 20.6 Å². The van der Waals surface area contributed by atoms with Gasteiger partial charge < -0.3 is 5.32 Å². The number of rotatable bonds is 5. The van der Waals surface area contributed by atoms with Crippen molar-refractivity contribution in [2.75, 3.05) is 11.0 Å². The van der Waals surface area contributed by atoms with Crippen LogP contribution in [-0.2, 0) is 10.0 Å². The Kier molecular flexibility index (Phi) is 4.87. The first kappa shape index (κ1) is 16.5. The molecule has 7 heteroatoms. The molecule has 0 saturated heterocycles. The van der Waals surface area contributed by atoms with Gasteiger partial charge in [0.1, 0.15) is 0 Å². The van der Waals surface area contributed by atoms with E-state index >= 15 is 0 Å². The van der Waals surface area contributed by atoms with Gasteiger partial charge in [-0.2, -0.15) is 0 Å². The van der Waals surface area contributed by atoms with Gasteiger partial charge in [0.05, 0.1) is 17.2 Å². The fourth-order valence-electron chi connectivity index (χ4n) is 2.04. The molecule has 118 valence electrons. The zero-order chi connectivity index (χ0) is 16.3. The predicted molar refractivity (Wildman–Crippen MR) is 89.8 cm³/mol. The number of carbonyl (C=O) groups excluding carboxylic acids is 1. The first-order valence-electron chi connectivity index (χ1n) is 6.69. The summed E-state index contributed by atoms with van der Waals surface area (Å²) in [4.78, 5) is 12.9. The van der Waals surface area contributed by atoms with Crippen LogP contribution in [0.5, 0.6) is 0 Å². The van der Waals surface area contributed by atoms with Gasteiger partial charge in [-0.25, -0.2) is 8.42 Å². The van der Waals surface area contributed by atoms with Crippen LogP contribution in [0, 0.1) is 6.92 Å². The molecule has 0 fully saturated rings. The molecule has 1 aromatic heterocycles. The van der Waals surface area contributed by atoms with Crippen LogP contribution in [0.15, 0.2) is 35.7 Å². The van der Waals surface area contributed by atoms with Gasteiger partial charge in [-0.05, 0) is 48.6 Å². The first-order chi connectivity index (χ1) is 10.3. The molecule has 2 N–H and O–H groups in total. The van der Waals surface area contributed by atoms with Crippen LogP contribution in [0.3, 0.4) is 0 Å². The molecular weight excluding hydrogens is 320 g/mol. The van der Waals surface area contributed by atoms with E-state index in [-0.39, 0.29) is 11.9 Å². The fourth-order valence-corrected chi connectivity index (χ4v) is 3.42. The molecule has 0 aliphatic carbocycles. The van der Waals surface area contributed by atoms with Gasteiger partial charge >= 0.3 is 0 Å². The minimum atomic E-state index is -3.32. The normalized spacial score (nSPS) is 12.7. The highest BCUT2D eigenvalue weighted by atomic mass is 32.2. The summed E-state index contributed by atoms with van der Waals surface area (Å²) in [6, 6.07) is 8.66. The molecule has 0 spiro atoms. The van der Waals surface area contributed by atoms with Crippen LogP contribution in [0.2, 0.25) is 0 Å². The lowest BCUT2D eigenvalue weighted by Gasteiger charge is -2.15. The summed E-state index contributed by atoms with van der Waals surface area (Å²) in [5.41, 5.74) is 2.26. The minimum Gasteiger partial charge on any atom is -0.345 e. The van der Waals surface area contributed by atoms with Crippen LogP contribution in [0.25, 0.3) is 0 Å². The number of amides is 1. The van der Waals surface area contributed by atoms with Crippen molar-refractivity contribution >= 4 is 33.0 Å². The summed E-state index contributed by atoms with van der Waals surface area (Å²) in [6.45, 7) is 3.76. The second-order valence-corrected chi connectivity index (χ2v) is 7.79. The number of aryl methyl sites for hydroxylation is 1. The molecule has 0 radical (unpaired) electrons. The van der Waals surface area contributed by atoms with Gasteiger partial charge in [-0.1, -0.05) is 12.1 Å². The van der Waals surface area contributed by atoms with E-state index in [9.17, 15) is 13.2 Å². The summed E-state index contributed by atoms with van der Waals surface area (Å²) in [7, 11) is -3.32. The summed E-state index contributed by atoms with van der Waals surface area (Å²) in [5, 5.41) is 4.80. The first-order valence-corrected chi connectivity index (χ1v) is 9.46. The third kappa shape index (κ3) is 4.32. The van der Waals surface area contributed by atoms with Crippen molar-refractivity contribution in [3.05, 3.63) is 51.7 Å². The van der Waals surface area contributed by atoms with Crippen LogP contribution >= 0.6 is 11.3 Å². The largest absolute Gasteiger partial charge is 0.345 e. The van der Waals surface area contributed by atoms with E-state index in [1.807, 2.05) is 31.4 Å². The summed E-state index contributed by atoms with van der Waals surface area (Å²) in [6.07, 6.45) is 1.10. The van der Waals surface area contributed by atoms with Crippen molar-refractivity contribution < 1.29 is 13.2 Å². The predicted octanol–water partition coefficient (Wildman–Crippen LogP) is 2.92. The van der Waals surface area contributed by atoms with Crippen molar-refractivity contribution in [1.82, 2.24) is 5.32 Å². The maximum absolute atomic E-state index is 12.2. The summed E-state index contributed by atoms with van der Waals surface area (Å²) >= 11 is 1.40. The highest BCUT2D eigenvalue weighted by Crippen LogP contribution is 2.20. The highest BCUT2D eigenvalue weighted by molar-refractivity contribution is 7.92. The summed E-state index contributed by atoms with van der Waals surface area (Å²) in [5.74, 6) is -0.124. The molecule has 0 aliphatic rings. The van der Waals surface area contributed by atoms with Gasteiger partial charge in [0.15, 0.2) is 0 Å². The smallest absolute Gasteiger partial charge is 0.262 e. The van der Waals surface area contributed by atoms with Crippen molar-refractivity contribution in [2.24, 2.45) is 0 Å². The minimum absolute atomic E-state index is 0.124. The van der Waals surface area contributed by atoms with Crippen molar-refractivity contribution in [1.29, 1.82) is 0 Å². The molecule has 1 atom stereocenters. The highest BCUT2D eigenvalue weighted by Gasteiger charge is 2.15. The maximum Gasteiger partial charge on any atom is 0.262 e. The van der Waals surface area contributed by atoms with E-state index in [1.165, 1.54) is 11.3 Å². The zero-order valence-electron chi connectivity index (χ0n) is 12.6. The number of sulfonamides is 1. The van der Waals surface area contributed by atoms with E-state index in [0.717, 1.165) is 17.4 Å². The summed E-state index contributed by atoms with van der Waals surface area (Å²) < 4.78 is 25.0. The second kappa shape index (κ2) is 6.50. The van der Waals surface area contributed by atoms with Crippen LogP contribution in [0.4, 0.5) is 5.69 Å². The molecule has 0 aliphatic heterocycles. The number of hydrogen-bond acceptors (Lipinski definition) is 4. The Hall–Kier alpha value is -1.86. The topological polar surface area (TPSA) is 75.3 Å². The average molecular weight is 338 g/mol. The Morgan fingerprint density at radius 3 is 2.59 bits per heavy atom. The van der Waals surface area contributed by atoms with E-state index in [0.29, 0.717) is 10.6 Å². The molecule has 1 heterocycles. The Morgan fingerprint density at radius 2 is 2.00 bits per heavy atom.